The molecule has 1 N–H and O–H groups in total. The van der Waals surface area contributed by atoms with E-state index in [1.807, 2.05) is 16.8 Å². The maximum Gasteiger partial charge on any atom is 0.124 e. The molecule has 0 amide bonds. The van der Waals surface area contributed by atoms with Gasteiger partial charge in [-0.25, -0.2) is 9.37 Å². The van der Waals surface area contributed by atoms with Crippen LogP contribution >= 0.6 is 0 Å². The molecule has 98 valence electrons. The fourth-order valence-corrected chi connectivity index (χ4v) is 1.87. The van der Waals surface area contributed by atoms with E-state index in [9.17, 15) is 4.39 Å². The molecule has 0 radical (unpaired) electrons. The third-order valence-corrected chi connectivity index (χ3v) is 2.82. The lowest BCUT2D eigenvalue weighted by Crippen LogP contribution is -2.17. The first kappa shape index (κ1) is 13.1. The summed E-state index contributed by atoms with van der Waals surface area (Å²) < 4.78 is 15.0. The number of benzene rings is 1. The molecule has 1 atom stereocenters. The van der Waals surface area contributed by atoms with Crippen molar-refractivity contribution in [2.75, 3.05) is 11.9 Å². The van der Waals surface area contributed by atoms with Gasteiger partial charge in [-0.2, -0.15) is 5.26 Å². The fraction of sp³-hybridized carbons (Fsp3) is 0.286. The van der Waals surface area contributed by atoms with Crippen LogP contribution in [-0.4, -0.2) is 16.1 Å². The van der Waals surface area contributed by atoms with Gasteiger partial charge in [0.25, 0.3) is 0 Å². The molecule has 0 saturated heterocycles. The van der Waals surface area contributed by atoms with E-state index in [2.05, 4.69) is 17.2 Å². The number of rotatable bonds is 5. The molecule has 0 bridgehead atoms. The summed E-state index contributed by atoms with van der Waals surface area (Å²) in [5, 5.41) is 12.1. The molecule has 1 aromatic carbocycles. The highest BCUT2D eigenvalue weighted by Gasteiger charge is 2.06. The van der Waals surface area contributed by atoms with Crippen LogP contribution in [-0.2, 0) is 6.54 Å². The topological polar surface area (TPSA) is 53.6 Å². The summed E-state index contributed by atoms with van der Waals surface area (Å²) in [6.07, 6.45) is 5.43. The van der Waals surface area contributed by atoms with Crippen LogP contribution in [0.15, 0.2) is 36.9 Å². The van der Waals surface area contributed by atoms with Crippen molar-refractivity contribution in [3.8, 4) is 6.07 Å². The average Bonchev–Trinajstić information content (AvgIpc) is 2.90. The number of hydrogen-bond acceptors (Lipinski definition) is 3. The van der Waals surface area contributed by atoms with Crippen molar-refractivity contribution >= 4 is 5.69 Å². The van der Waals surface area contributed by atoms with Gasteiger partial charge >= 0.3 is 0 Å². The number of nitrogens with zero attached hydrogens (tertiary/aromatic N) is 3. The molecule has 2 aromatic rings. The first-order valence-electron chi connectivity index (χ1n) is 6.08. The van der Waals surface area contributed by atoms with Crippen LogP contribution < -0.4 is 5.32 Å². The Hall–Kier alpha value is -2.35. The van der Waals surface area contributed by atoms with Gasteiger partial charge in [0, 0.05) is 25.5 Å². The summed E-state index contributed by atoms with van der Waals surface area (Å²) in [5.74, 6) is -0.0284. The Bertz CT molecular complexity index is 572. The maximum absolute atomic E-state index is 13.0. The number of imidazole rings is 1. The first-order valence-corrected chi connectivity index (χ1v) is 6.08. The smallest absolute Gasteiger partial charge is 0.124 e. The average molecular weight is 258 g/mol. The zero-order chi connectivity index (χ0) is 13.7. The predicted octanol–water partition coefficient (Wildman–Crippen LogP) is 2.64. The highest BCUT2D eigenvalue weighted by Crippen LogP contribution is 2.16. The van der Waals surface area contributed by atoms with Crippen LogP contribution in [0.3, 0.4) is 0 Å². The van der Waals surface area contributed by atoms with Crippen molar-refractivity contribution < 1.29 is 4.39 Å². The standard InChI is InChI=1S/C14H15FN4/c1-11(9-19-5-4-17-10-19)8-18-14-3-2-13(15)6-12(14)7-16/h2-6,10-11,18H,8-9H2,1H3/t11-/m1/s1. The summed E-state index contributed by atoms with van der Waals surface area (Å²) in [6, 6.07) is 6.17. The summed E-state index contributed by atoms with van der Waals surface area (Å²) in [4.78, 5) is 3.99. The normalized spacial score (nSPS) is 11.8. The minimum absolute atomic E-state index is 0.329. The number of nitriles is 1. The lowest BCUT2D eigenvalue weighted by molar-refractivity contribution is 0.503. The van der Waals surface area contributed by atoms with E-state index in [1.54, 1.807) is 18.6 Å². The van der Waals surface area contributed by atoms with Gasteiger partial charge in [0.05, 0.1) is 17.6 Å². The van der Waals surface area contributed by atoms with Gasteiger partial charge in [-0.05, 0) is 24.1 Å². The third kappa shape index (κ3) is 3.55. The largest absolute Gasteiger partial charge is 0.384 e. The van der Waals surface area contributed by atoms with E-state index in [4.69, 9.17) is 5.26 Å². The van der Waals surface area contributed by atoms with Crippen molar-refractivity contribution in [2.45, 2.75) is 13.5 Å². The van der Waals surface area contributed by atoms with Gasteiger partial charge in [-0.1, -0.05) is 6.92 Å². The fourth-order valence-electron chi connectivity index (χ4n) is 1.87. The molecule has 1 heterocycles. The molecule has 0 aliphatic heterocycles. The summed E-state index contributed by atoms with van der Waals surface area (Å²) in [7, 11) is 0. The highest BCUT2D eigenvalue weighted by molar-refractivity contribution is 5.57. The van der Waals surface area contributed by atoms with E-state index < -0.39 is 5.82 Å². The van der Waals surface area contributed by atoms with E-state index in [0.29, 0.717) is 23.7 Å². The zero-order valence-electron chi connectivity index (χ0n) is 10.7. The van der Waals surface area contributed by atoms with Gasteiger partial charge in [0.2, 0.25) is 0 Å². The van der Waals surface area contributed by atoms with Crippen LogP contribution in [0.25, 0.3) is 0 Å². The molecule has 5 heteroatoms. The first-order chi connectivity index (χ1) is 9.19. The van der Waals surface area contributed by atoms with E-state index in [0.717, 1.165) is 6.54 Å². The maximum atomic E-state index is 13.0. The second-order valence-corrected chi connectivity index (χ2v) is 4.55. The summed E-state index contributed by atoms with van der Waals surface area (Å²) >= 11 is 0. The van der Waals surface area contributed by atoms with Crippen molar-refractivity contribution in [3.63, 3.8) is 0 Å². The molecule has 1 aromatic heterocycles. The summed E-state index contributed by atoms with van der Waals surface area (Å²) in [5.41, 5.74) is 0.996. The monoisotopic (exact) mass is 258 g/mol. The number of halogens is 1. The Morgan fingerprint density at radius 3 is 3.05 bits per heavy atom. The quantitative estimate of drug-likeness (QED) is 0.897. The van der Waals surface area contributed by atoms with Gasteiger partial charge in [-0.15, -0.1) is 0 Å². The summed E-state index contributed by atoms with van der Waals surface area (Å²) in [6.45, 7) is 3.65. The Kier molecular flexibility index (Phi) is 4.14. The molecule has 0 saturated carbocycles. The molecule has 0 unspecified atom stereocenters. The van der Waals surface area contributed by atoms with E-state index in [-0.39, 0.29) is 0 Å². The van der Waals surface area contributed by atoms with Crippen molar-refractivity contribution in [1.82, 2.24) is 9.55 Å². The Labute approximate surface area is 111 Å². The van der Waals surface area contributed by atoms with Crippen LogP contribution in [0, 0.1) is 23.1 Å². The number of nitrogens with one attached hydrogen (secondary N) is 1. The number of hydrogen-bond donors (Lipinski definition) is 1. The molecule has 19 heavy (non-hydrogen) atoms. The van der Waals surface area contributed by atoms with Crippen LogP contribution in [0.4, 0.5) is 10.1 Å². The highest BCUT2D eigenvalue weighted by atomic mass is 19.1. The van der Waals surface area contributed by atoms with Gasteiger partial charge in [0.15, 0.2) is 0 Å². The minimum atomic E-state index is -0.395. The van der Waals surface area contributed by atoms with Crippen molar-refractivity contribution in [2.24, 2.45) is 5.92 Å². The lowest BCUT2D eigenvalue weighted by atomic mass is 10.1. The third-order valence-electron chi connectivity index (χ3n) is 2.82. The Morgan fingerprint density at radius 1 is 1.53 bits per heavy atom. The molecule has 0 aliphatic carbocycles. The van der Waals surface area contributed by atoms with Gasteiger partial charge in [-0.3, -0.25) is 0 Å². The molecule has 0 aliphatic rings. The molecule has 0 fully saturated rings. The van der Waals surface area contributed by atoms with E-state index in [1.165, 1.54) is 12.1 Å². The van der Waals surface area contributed by atoms with Gasteiger partial charge in [0.1, 0.15) is 11.9 Å². The lowest BCUT2D eigenvalue weighted by Gasteiger charge is -2.14. The van der Waals surface area contributed by atoms with Crippen LogP contribution in [0.2, 0.25) is 0 Å². The molecular formula is C14H15FN4. The second-order valence-electron chi connectivity index (χ2n) is 4.55. The molecule has 2 rings (SSSR count). The van der Waals surface area contributed by atoms with Crippen LogP contribution in [0.1, 0.15) is 12.5 Å². The zero-order valence-corrected chi connectivity index (χ0v) is 10.7. The Morgan fingerprint density at radius 2 is 2.37 bits per heavy atom. The minimum Gasteiger partial charge on any atom is -0.384 e. The predicted molar refractivity (Wildman–Crippen MR) is 71.0 cm³/mol. The van der Waals surface area contributed by atoms with Crippen molar-refractivity contribution in [1.29, 1.82) is 5.26 Å². The molecule has 4 nitrogen and oxygen atoms in total. The van der Waals surface area contributed by atoms with Crippen LogP contribution in [0.5, 0.6) is 0 Å². The van der Waals surface area contributed by atoms with Crippen molar-refractivity contribution in [3.05, 3.63) is 48.3 Å². The second kappa shape index (κ2) is 6.01. The molecule has 0 spiro atoms. The molecular weight excluding hydrogens is 243 g/mol. The SMILES string of the molecule is C[C@H](CNc1ccc(F)cc1C#N)Cn1ccnc1. The Balaban J connectivity index is 1.93. The number of anilines is 1. The van der Waals surface area contributed by atoms with Gasteiger partial charge < -0.3 is 9.88 Å². The number of aromatic nitrogens is 2. The van der Waals surface area contributed by atoms with E-state index >= 15 is 0 Å².